The van der Waals surface area contributed by atoms with Crippen LogP contribution in [0.1, 0.15) is 45.4 Å². The fourth-order valence-corrected chi connectivity index (χ4v) is 6.33. The van der Waals surface area contributed by atoms with Crippen LogP contribution in [0.15, 0.2) is 18.2 Å². The monoisotopic (exact) mass is 360 g/mol. The SMILES string of the molecule is CC1CN(C(=O)NC23CC4CC(CC(C4)C2)C3)c2cc(Cl)ccc2O1. The third-order valence-corrected chi connectivity index (χ3v) is 6.87. The van der Waals surface area contributed by atoms with Crippen LogP contribution in [0.5, 0.6) is 5.75 Å². The molecule has 4 nitrogen and oxygen atoms in total. The van der Waals surface area contributed by atoms with Gasteiger partial charge in [0.25, 0.3) is 0 Å². The molecule has 1 aliphatic heterocycles. The maximum atomic E-state index is 13.2. The second kappa shape index (κ2) is 5.54. The smallest absolute Gasteiger partial charge is 0.322 e. The summed E-state index contributed by atoms with van der Waals surface area (Å²) in [6, 6.07) is 5.52. The van der Waals surface area contributed by atoms with Gasteiger partial charge in [-0.15, -0.1) is 0 Å². The Morgan fingerprint density at radius 3 is 2.48 bits per heavy atom. The Kier molecular flexibility index (Phi) is 3.50. The van der Waals surface area contributed by atoms with Crippen LogP contribution in [0, 0.1) is 17.8 Å². The Bertz CT molecular complexity index is 684. The van der Waals surface area contributed by atoms with E-state index in [2.05, 4.69) is 5.32 Å². The Balaban J connectivity index is 1.41. The van der Waals surface area contributed by atoms with E-state index in [9.17, 15) is 4.79 Å². The van der Waals surface area contributed by atoms with Crippen molar-refractivity contribution < 1.29 is 9.53 Å². The fourth-order valence-electron chi connectivity index (χ4n) is 6.16. The predicted molar refractivity (Wildman–Crippen MR) is 98.3 cm³/mol. The van der Waals surface area contributed by atoms with E-state index >= 15 is 0 Å². The van der Waals surface area contributed by atoms with Gasteiger partial charge in [-0.25, -0.2) is 4.79 Å². The Morgan fingerprint density at radius 1 is 1.20 bits per heavy atom. The minimum Gasteiger partial charge on any atom is -0.487 e. The van der Waals surface area contributed by atoms with Crippen LogP contribution in [0.25, 0.3) is 0 Å². The highest BCUT2D eigenvalue weighted by Gasteiger charge is 2.52. The maximum Gasteiger partial charge on any atom is 0.322 e. The van der Waals surface area contributed by atoms with Crippen molar-refractivity contribution in [2.75, 3.05) is 11.4 Å². The van der Waals surface area contributed by atoms with E-state index in [0.29, 0.717) is 11.6 Å². The van der Waals surface area contributed by atoms with E-state index in [1.54, 1.807) is 0 Å². The topological polar surface area (TPSA) is 41.6 Å². The molecule has 0 saturated heterocycles. The average Bonchev–Trinajstić information content (AvgIpc) is 2.52. The normalized spacial score (nSPS) is 38.2. The molecule has 4 aliphatic carbocycles. The van der Waals surface area contributed by atoms with E-state index in [0.717, 1.165) is 48.5 Å². The number of fused-ring (bicyclic) bond motifs is 1. The van der Waals surface area contributed by atoms with E-state index in [1.807, 2.05) is 30.0 Å². The summed E-state index contributed by atoms with van der Waals surface area (Å²) in [5.41, 5.74) is 0.805. The number of hydrogen-bond acceptors (Lipinski definition) is 2. The molecule has 1 aromatic carbocycles. The summed E-state index contributed by atoms with van der Waals surface area (Å²) >= 11 is 6.17. The molecule has 6 rings (SSSR count). The van der Waals surface area contributed by atoms with Gasteiger partial charge in [0.05, 0.1) is 12.2 Å². The summed E-state index contributed by atoms with van der Waals surface area (Å²) < 4.78 is 5.88. The minimum atomic E-state index is -0.0178. The molecule has 4 bridgehead atoms. The van der Waals surface area contributed by atoms with E-state index in [1.165, 1.54) is 19.3 Å². The summed E-state index contributed by atoms with van der Waals surface area (Å²) in [5.74, 6) is 3.19. The number of hydrogen-bond donors (Lipinski definition) is 1. The Labute approximate surface area is 153 Å². The third kappa shape index (κ3) is 2.69. The maximum absolute atomic E-state index is 13.2. The molecule has 1 N–H and O–H groups in total. The van der Waals surface area contributed by atoms with Gasteiger partial charge in [-0.1, -0.05) is 11.6 Å². The highest BCUT2D eigenvalue weighted by Crippen LogP contribution is 2.55. The molecule has 1 aromatic rings. The van der Waals surface area contributed by atoms with Crippen molar-refractivity contribution in [1.29, 1.82) is 0 Å². The van der Waals surface area contributed by atoms with E-state index < -0.39 is 0 Å². The lowest BCUT2D eigenvalue weighted by Crippen LogP contribution is -2.62. The zero-order valence-corrected chi connectivity index (χ0v) is 15.4. The first-order valence-electron chi connectivity index (χ1n) is 9.55. The van der Waals surface area contributed by atoms with Gasteiger partial charge in [-0.3, -0.25) is 4.90 Å². The number of amides is 2. The number of rotatable bonds is 1. The predicted octanol–water partition coefficient (Wildman–Crippen LogP) is 4.61. The van der Waals surface area contributed by atoms with E-state index in [-0.39, 0.29) is 17.7 Å². The summed E-state index contributed by atoms with van der Waals surface area (Å²) in [4.78, 5) is 15.0. The lowest BCUT2D eigenvalue weighted by molar-refractivity contribution is -0.0132. The van der Waals surface area contributed by atoms with Crippen LogP contribution >= 0.6 is 11.6 Å². The molecule has 1 atom stereocenters. The van der Waals surface area contributed by atoms with Crippen molar-refractivity contribution in [3.05, 3.63) is 23.2 Å². The van der Waals surface area contributed by atoms with Gasteiger partial charge < -0.3 is 10.1 Å². The first kappa shape index (κ1) is 15.8. The van der Waals surface area contributed by atoms with Crippen molar-refractivity contribution >= 4 is 23.3 Å². The average molecular weight is 361 g/mol. The van der Waals surface area contributed by atoms with Crippen LogP contribution in [0.2, 0.25) is 5.02 Å². The highest BCUT2D eigenvalue weighted by atomic mass is 35.5. The van der Waals surface area contributed by atoms with Crippen molar-refractivity contribution in [2.24, 2.45) is 17.8 Å². The number of anilines is 1. The number of nitrogens with zero attached hydrogens (tertiary/aromatic N) is 1. The summed E-state index contributed by atoms with van der Waals surface area (Å²) in [6.07, 6.45) is 7.59. The van der Waals surface area contributed by atoms with Crippen LogP contribution in [0.3, 0.4) is 0 Å². The fraction of sp³-hybridized carbons (Fsp3) is 0.650. The zero-order chi connectivity index (χ0) is 17.2. The molecule has 25 heavy (non-hydrogen) atoms. The number of ether oxygens (including phenoxy) is 1. The second-order valence-electron chi connectivity index (χ2n) is 8.78. The van der Waals surface area contributed by atoms with Crippen molar-refractivity contribution in [1.82, 2.24) is 5.32 Å². The summed E-state index contributed by atoms with van der Waals surface area (Å²) in [7, 11) is 0. The molecule has 5 aliphatic rings. The number of halogens is 1. The third-order valence-electron chi connectivity index (χ3n) is 6.64. The summed E-state index contributed by atoms with van der Waals surface area (Å²) in [6.45, 7) is 2.56. The number of carbonyl (C=O) groups excluding carboxylic acids is 1. The zero-order valence-electron chi connectivity index (χ0n) is 14.6. The molecule has 2 amide bonds. The molecular weight excluding hydrogens is 336 g/mol. The second-order valence-corrected chi connectivity index (χ2v) is 9.22. The highest BCUT2D eigenvalue weighted by molar-refractivity contribution is 6.31. The quantitative estimate of drug-likeness (QED) is 0.794. The largest absolute Gasteiger partial charge is 0.487 e. The van der Waals surface area contributed by atoms with Gasteiger partial charge in [0.2, 0.25) is 0 Å². The summed E-state index contributed by atoms with van der Waals surface area (Å²) in [5, 5.41) is 4.09. The number of benzene rings is 1. The minimum absolute atomic E-state index is 0.0145. The molecule has 5 heteroatoms. The first-order valence-corrected chi connectivity index (χ1v) is 9.93. The number of carbonyl (C=O) groups is 1. The lowest BCUT2D eigenvalue weighted by atomic mass is 9.53. The molecule has 4 fully saturated rings. The van der Waals surface area contributed by atoms with E-state index in [4.69, 9.17) is 16.3 Å². The van der Waals surface area contributed by atoms with Crippen LogP contribution in [-0.2, 0) is 0 Å². The first-order chi connectivity index (χ1) is 12.0. The molecule has 0 aromatic heterocycles. The van der Waals surface area contributed by atoms with Gasteiger partial charge in [-0.2, -0.15) is 0 Å². The molecule has 4 saturated carbocycles. The van der Waals surface area contributed by atoms with Crippen molar-refractivity contribution in [2.45, 2.75) is 57.1 Å². The number of nitrogens with one attached hydrogen (secondary N) is 1. The van der Waals surface area contributed by atoms with Crippen molar-refractivity contribution in [3.63, 3.8) is 0 Å². The molecule has 134 valence electrons. The molecule has 1 unspecified atom stereocenters. The van der Waals surface area contributed by atoms with Gasteiger partial charge in [-0.05, 0) is 81.4 Å². The molecule has 0 spiro atoms. The van der Waals surface area contributed by atoms with Crippen LogP contribution in [0.4, 0.5) is 10.5 Å². The van der Waals surface area contributed by atoms with Crippen LogP contribution < -0.4 is 15.0 Å². The molecular formula is C20H25ClN2O2. The number of urea groups is 1. The van der Waals surface area contributed by atoms with Gasteiger partial charge in [0.1, 0.15) is 11.9 Å². The molecule has 1 heterocycles. The van der Waals surface area contributed by atoms with Gasteiger partial charge >= 0.3 is 6.03 Å². The van der Waals surface area contributed by atoms with Gasteiger partial charge in [0, 0.05) is 10.6 Å². The lowest BCUT2D eigenvalue weighted by Gasteiger charge is -2.57. The standard InChI is InChI=1S/C20H25ClN2O2/c1-12-11-23(17-7-16(21)2-3-18(17)25-12)19(24)22-20-8-13-4-14(9-20)6-15(5-13)10-20/h2-3,7,12-15H,4-6,8-11H2,1H3,(H,22,24). The van der Waals surface area contributed by atoms with Gasteiger partial charge in [0.15, 0.2) is 0 Å². The Morgan fingerprint density at radius 2 is 1.84 bits per heavy atom. The van der Waals surface area contributed by atoms with Crippen LogP contribution in [-0.4, -0.2) is 24.2 Å². The molecule has 0 radical (unpaired) electrons. The van der Waals surface area contributed by atoms with Crippen molar-refractivity contribution in [3.8, 4) is 5.75 Å². The Hall–Kier alpha value is -1.42.